The number of nitrogens with zero attached hydrogens (tertiary/aromatic N) is 2. The molecule has 29 heavy (non-hydrogen) atoms. The van der Waals surface area contributed by atoms with Gasteiger partial charge in [-0.3, -0.25) is 0 Å². The monoisotopic (exact) mass is 453 g/mol. The van der Waals surface area contributed by atoms with Crippen LogP contribution in [-0.2, 0) is 13.0 Å². The van der Waals surface area contributed by atoms with Crippen molar-refractivity contribution in [3.05, 3.63) is 53.0 Å². The average molecular weight is 454 g/mol. The van der Waals surface area contributed by atoms with Crippen LogP contribution in [0.3, 0.4) is 0 Å². The maximum absolute atomic E-state index is 6.17. The summed E-state index contributed by atoms with van der Waals surface area (Å²) in [6.45, 7) is 1.80. The second-order valence-electron chi connectivity index (χ2n) is 6.56. The molecule has 0 radical (unpaired) electrons. The van der Waals surface area contributed by atoms with Crippen LogP contribution in [0.5, 0.6) is 11.5 Å². The Labute approximate surface area is 187 Å². The number of nitrogens with two attached hydrogens (primary N) is 1. The number of nitrogen functional groups attached to an aromatic ring is 1. The van der Waals surface area contributed by atoms with Gasteiger partial charge in [0.2, 0.25) is 0 Å². The lowest BCUT2D eigenvalue weighted by molar-refractivity contribution is 0.356. The number of anilines is 2. The van der Waals surface area contributed by atoms with Crippen molar-refractivity contribution in [3.63, 3.8) is 0 Å². The maximum atomic E-state index is 6.17. The molecule has 8 heteroatoms. The summed E-state index contributed by atoms with van der Waals surface area (Å²) in [5.74, 6) is 1.43. The molecule has 0 bridgehead atoms. The van der Waals surface area contributed by atoms with Gasteiger partial charge in [-0.2, -0.15) is 0 Å². The molecule has 1 aliphatic heterocycles. The van der Waals surface area contributed by atoms with E-state index in [1.54, 1.807) is 25.6 Å². The van der Waals surface area contributed by atoms with E-state index in [0.29, 0.717) is 5.75 Å². The zero-order valence-electron chi connectivity index (χ0n) is 16.4. The molecule has 0 unspecified atom stereocenters. The summed E-state index contributed by atoms with van der Waals surface area (Å²) >= 11 is 1.63. The number of thiazole rings is 1. The lowest BCUT2D eigenvalue weighted by atomic mass is 10.00. The van der Waals surface area contributed by atoms with E-state index in [0.717, 1.165) is 53.6 Å². The molecule has 0 amide bonds. The van der Waals surface area contributed by atoms with E-state index in [1.165, 1.54) is 11.3 Å². The van der Waals surface area contributed by atoms with E-state index in [-0.39, 0.29) is 24.8 Å². The second-order valence-corrected chi connectivity index (χ2v) is 7.41. The Bertz CT molecular complexity index is 965. The molecule has 2 aromatic carbocycles. The van der Waals surface area contributed by atoms with Crippen molar-refractivity contribution in [2.24, 2.45) is 0 Å². The first kappa shape index (κ1) is 23.1. The number of methoxy groups -OCH3 is 2. The van der Waals surface area contributed by atoms with Crippen LogP contribution >= 0.6 is 36.2 Å². The smallest absolute Gasteiger partial charge is 0.170 e. The topological polar surface area (TPSA) is 60.6 Å². The molecule has 0 saturated heterocycles. The minimum Gasteiger partial charge on any atom is -0.493 e. The van der Waals surface area contributed by atoms with Crippen LogP contribution in [0.1, 0.15) is 17.7 Å². The molecule has 4 rings (SSSR count). The van der Waals surface area contributed by atoms with Gasteiger partial charge in [-0.15, -0.1) is 36.2 Å². The number of ether oxygens (including phenoxy) is 2. The molecule has 0 spiro atoms. The molecule has 156 valence electrons. The molecule has 0 fully saturated rings. The highest BCUT2D eigenvalue weighted by atomic mass is 35.5. The molecule has 1 aromatic heterocycles. The quantitative estimate of drug-likeness (QED) is 0.537. The normalized spacial score (nSPS) is 12.4. The highest BCUT2D eigenvalue weighted by Crippen LogP contribution is 2.39. The molecule has 5 nitrogen and oxygen atoms in total. The van der Waals surface area contributed by atoms with Crippen LogP contribution in [0.25, 0.3) is 10.6 Å². The van der Waals surface area contributed by atoms with Gasteiger partial charge >= 0.3 is 0 Å². The van der Waals surface area contributed by atoms with Gasteiger partial charge in [0.05, 0.1) is 32.0 Å². The summed E-state index contributed by atoms with van der Waals surface area (Å²) < 4.78 is 11.0. The van der Waals surface area contributed by atoms with E-state index in [9.17, 15) is 0 Å². The highest BCUT2D eigenvalue weighted by molar-refractivity contribution is 7.13. The number of fused-ring (bicyclic) bond motifs is 1. The van der Waals surface area contributed by atoms with Crippen molar-refractivity contribution in [3.8, 4) is 22.1 Å². The molecule has 3 aromatic rings. The molecule has 2 heterocycles. The zero-order valence-corrected chi connectivity index (χ0v) is 18.8. The Kier molecular flexibility index (Phi) is 8.02. The summed E-state index contributed by atoms with van der Waals surface area (Å²) in [5, 5.41) is 3.06. The van der Waals surface area contributed by atoms with Crippen molar-refractivity contribution >= 4 is 47.5 Å². The summed E-state index contributed by atoms with van der Waals surface area (Å²) in [5.41, 5.74) is 11.6. The van der Waals surface area contributed by atoms with E-state index in [2.05, 4.69) is 16.3 Å². The molecule has 2 N–H and O–H groups in total. The van der Waals surface area contributed by atoms with E-state index in [4.69, 9.17) is 20.2 Å². The predicted octanol–water partition coefficient (Wildman–Crippen LogP) is 5.21. The number of aromatic nitrogens is 1. The number of hydrogen-bond donors (Lipinski definition) is 1. The fourth-order valence-electron chi connectivity index (χ4n) is 3.65. The number of para-hydroxylation sites is 1. The number of benzene rings is 2. The van der Waals surface area contributed by atoms with Crippen molar-refractivity contribution in [2.75, 3.05) is 31.4 Å². The molecular formula is C21H25Cl2N3O2S. The van der Waals surface area contributed by atoms with Gasteiger partial charge in [-0.05, 0) is 42.7 Å². The standard InChI is InChI=1S/C21H23N3O2S.2ClH/c1-25-19-10-3-6-16(20(19)26-2)21-23-14(13-27-21)12-24-11-5-7-15-17(22)8-4-9-18(15)24;;/h3-4,6,8-10,13H,5,7,11-12,22H2,1-2H3;2*1H. The van der Waals surface area contributed by atoms with Gasteiger partial charge in [0.15, 0.2) is 11.5 Å². The van der Waals surface area contributed by atoms with E-state index < -0.39 is 0 Å². The van der Waals surface area contributed by atoms with Crippen molar-refractivity contribution in [1.82, 2.24) is 4.98 Å². The maximum Gasteiger partial charge on any atom is 0.170 e. The fourth-order valence-corrected chi connectivity index (χ4v) is 4.48. The van der Waals surface area contributed by atoms with Crippen LogP contribution < -0.4 is 20.1 Å². The first-order valence-corrected chi connectivity index (χ1v) is 9.87. The lowest BCUT2D eigenvalue weighted by Crippen LogP contribution is -2.29. The number of hydrogen-bond acceptors (Lipinski definition) is 6. The number of halogens is 2. The Morgan fingerprint density at radius 2 is 1.90 bits per heavy atom. The van der Waals surface area contributed by atoms with Crippen molar-refractivity contribution in [1.29, 1.82) is 0 Å². The minimum absolute atomic E-state index is 0. The SMILES string of the molecule is COc1cccc(-c2nc(CN3CCCc4c(N)cccc43)cs2)c1OC.Cl.Cl. The third kappa shape index (κ3) is 4.55. The van der Waals surface area contributed by atoms with Crippen molar-refractivity contribution < 1.29 is 9.47 Å². The van der Waals surface area contributed by atoms with Gasteiger partial charge in [0.1, 0.15) is 5.01 Å². The van der Waals surface area contributed by atoms with E-state index >= 15 is 0 Å². The Morgan fingerprint density at radius 3 is 2.66 bits per heavy atom. The first-order chi connectivity index (χ1) is 13.2. The third-order valence-corrected chi connectivity index (χ3v) is 5.85. The summed E-state index contributed by atoms with van der Waals surface area (Å²) in [4.78, 5) is 7.24. The summed E-state index contributed by atoms with van der Waals surface area (Å²) in [6, 6.07) is 12.0. The van der Waals surface area contributed by atoms with Gasteiger partial charge in [-0.25, -0.2) is 4.98 Å². The van der Waals surface area contributed by atoms with Crippen LogP contribution in [0.2, 0.25) is 0 Å². The zero-order chi connectivity index (χ0) is 18.8. The van der Waals surface area contributed by atoms with Crippen LogP contribution in [-0.4, -0.2) is 25.7 Å². The van der Waals surface area contributed by atoms with Gasteiger partial charge in [-0.1, -0.05) is 12.1 Å². The highest BCUT2D eigenvalue weighted by Gasteiger charge is 2.20. The van der Waals surface area contributed by atoms with Gasteiger partial charge in [0, 0.05) is 23.3 Å². The molecule has 0 atom stereocenters. The lowest BCUT2D eigenvalue weighted by Gasteiger charge is -2.31. The fraction of sp³-hybridized carbons (Fsp3) is 0.286. The third-order valence-electron chi connectivity index (χ3n) is 4.92. The van der Waals surface area contributed by atoms with Crippen molar-refractivity contribution in [2.45, 2.75) is 19.4 Å². The average Bonchev–Trinajstić information content (AvgIpc) is 3.16. The second kappa shape index (κ2) is 10.1. The van der Waals surface area contributed by atoms with E-state index in [1.807, 2.05) is 30.3 Å². The summed E-state index contributed by atoms with van der Waals surface area (Å²) in [6.07, 6.45) is 2.16. The van der Waals surface area contributed by atoms with Crippen LogP contribution in [0.4, 0.5) is 11.4 Å². The Morgan fingerprint density at radius 1 is 1.10 bits per heavy atom. The van der Waals surface area contributed by atoms with Crippen LogP contribution in [0, 0.1) is 0 Å². The predicted molar refractivity (Wildman–Crippen MR) is 125 cm³/mol. The Balaban J connectivity index is 0.00000150. The Hall–Kier alpha value is -2.15. The number of rotatable bonds is 5. The first-order valence-electron chi connectivity index (χ1n) is 8.99. The molecule has 1 aliphatic rings. The van der Waals surface area contributed by atoms with Gasteiger partial charge in [0.25, 0.3) is 0 Å². The molecular weight excluding hydrogens is 429 g/mol. The minimum atomic E-state index is 0. The summed E-state index contributed by atoms with van der Waals surface area (Å²) in [7, 11) is 3.30. The van der Waals surface area contributed by atoms with Gasteiger partial charge < -0.3 is 20.1 Å². The molecule has 0 saturated carbocycles. The largest absolute Gasteiger partial charge is 0.493 e. The molecule has 0 aliphatic carbocycles. The van der Waals surface area contributed by atoms with Crippen LogP contribution in [0.15, 0.2) is 41.8 Å².